The first-order valence-electron chi connectivity index (χ1n) is 10.3. The fraction of sp³-hybridized carbons (Fsp3) is 0.842. The molecule has 2 fully saturated rings. The predicted molar refractivity (Wildman–Crippen MR) is 107 cm³/mol. The number of hydrogen-bond acceptors (Lipinski definition) is 8. The molecule has 10 nitrogen and oxygen atoms in total. The quantitative estimate of drug-likeness (QED) is 0.533. The Balaban J connectivity index is 2.08. The third-order valence-corrected chi connectivity index (χ3v) is 4.80. The van der Waals surface area contributed by atoms with Gasteiger partial charge in [-0.1, -0.05) is 0 Å². The zero-order chi connectivity index (χ0) is 21.4. The Labute approximate surface area is 172 Å². The maximum Gasteiger partial charge on any atom is 0.408 e. The summed E-state index contributed by atoms with van der Waals surface area (Å²) in [6.45, 7) is 9.55. The van der Waals surface area contributed by atoms with E-state index in [4.69, 9.17) is 9.47 Å². The highest BCUT2D eigenvalue weighted by Crippen LogP contribution is 2.12. The van der Waals surface area contributed by atoms with Crippen LogP contribution >= 0.6 is 0 Å². The van der Waals surface area contributed by atoms with Gasteiger partial charge in [-0.3, -0.25) is 19.5 Å². The zero-order valence-electron chi connectivity index (χ0n) is 18.0. The molecular formula is C19H35N5O5. The highest BCUT2D eigenvalue weighted by Gasteiger charge is 2.34. The average molecular weight is 414 g/mol. The summed E-state index contributed by atoms with van der Waals surface area (Å²) < 4.78 is 10.1. The summed E-state index contributed by atoms with van der Waals surface area (Å²) in [6.07, 6.45) is 1.61. The van der Waals surface area contributed by atoms with Crippen LogP contribution in [-0.4, -0.2) is 91.9 Å². The van der Waals surface area contributed by atoms with Crippen LogP contribution in [-0.2, 0) is 19.1 Å². The minimum Gasteiger partial charge on any atom is -0.468 e. The number of amides is 2. The Morgan fingerprint density at radius 1 is 1.14 bits per heavy atom. The lowest BCUT2D eigenvalue weighted by Crippen LogP contribution is -2.62. The lowest BCUT2D eigenvalue weighted by Gasteiger charge is -2.36. The molecule has 3 N–H and O–H groups in total. The van der Waals surface area contributed by atoms with Gasteiger partial charge in [0, 0.05) is 26.2 Å². The van der Waals surface area contributed by atoms with Gasteiger partial charge in [0.1, 0.15) is 17.7 Å². The number of nitrogens with zero attached hydrogens (tertiary/aromatic N) is 2. The summed E-state index contributed by atoms with van der Waals surface area (Å²) >= 11 is 0. The summed E-state index contributed by atoms with van der Waals surface area (Å²) in [4.78, 5) is 39.6. The van der Waals surface area contributed by atoms with E-state index in [0.717, 1.165) is 32.6 Å². The molecule has 2 aliphatic heterocycles. The minimum absolute atomic E-state index is 0.290. The third kappa shape index (κ3) is 7.79. The average Bonchev–Trinajstić information content (AvgIpc) is 2.93. The summed E-state index contributed by atoms with van der Waals surface area (Å²) in [5.41, 5.74) is 2.28. The predicted octanol–water partition coefficient (Wildman–Crippen LogP) is -0.156. The topological polar surface area (TPSA) is 112 Å². The van der Waals surface area contributed by atoms with Crippen LogP contribution in [0, 0.1) is 0 Å². The van der Waals surface area contributed by atoms with Gasteiger partial charge >= 0.3 is 12.1 Å². The Morgan fingerprint density at radius 2 is 1.90 bits per heavy atom. The van der Waals surface area contributed by atoms with Gasteiger partial charge in [-0.2, -0.15) is 0 Å². The maximum atomic E-state index is 13.2. The molecule has 2 aliphatic rings. The molecule has 0 aromatic rings. The van der Waals surface area contributed by atoms with Crippen molar-refractivity contribution in [3.63, 3.8) is 0 Å². The van der Waals surface area contributed by atoms with Gasteiger partial charge in [0.25, 0.3) is 5.91 Å². The second-order valence-corrected chi connectivity index (χ2v) is 8.44. The first-order valence-corrected chi connectivity index (χ1v) is 10.3. The molecule has 0 saturated carbocycles. The van der Waals surface area contributed by atoms with Gasteiger partial charge in [-0.05, 0) is 53.1 Å². The van der Waals surface area contributed by atoms with Crippen LogP contribution in [0.25, 0.3) is 0 Å². The van der Waals surface area contributed by atoms with E-state index in [1.807, 2.05) is 0 Å². The number of ether oxygens (including phenoxy) is 2. The lowest BCUT2D eigenvalue weighted by atomic mass is 10.1. The summed E-state index contributed by atoms with van der Waals surface area (Å²) in [7, 11) is 1.32. The monoisotopic (exact) mass is 413 g/mol. The van der Waals surface area contributed by atoms with Gasteiger partial charge in [0.05, 0.1) is 7.11 Å². The van der Waals surface area contributed by atoms with E-state index in [2.05, 4.69) is 21.0 Å². The summed E-state index contributed by atoms with van der Waals surface area (Å²) in [5.74, 6) is -0.695. The van der Waals surface area contributed by atoms with Crippen LogP contribution < -0.4 is 16.1 Å². The zero-order valence-corrected chi connectivity index (χ0v) is 18.0. The summed E-state index contributed by atoms with van der Waals surface area (Å²) in [6, 6.07) is -1.35. The van der Waals surface area contributed by atoms with Crippen molar-refractivity contribution in [3.8, 4) is 0 Å². The molecule has 0 aromatic carbocycles. The number of alkyl carbamates (subject to hydrolysis) is 1. The van der Waals surface area contributed by atoms with E-state index >= 15 is 0 Å². The standard InChI is InChI=1S/C19H35N5O5/c1-19(2,3)29-18(27)21-15(13-23-10-6-8-20-9-12-23)16(25)24-11-5-7-14(22-24)17(26)28-4/h14-15,20,22H,5-13H2,1-4H3,(H,21,27)/t14-,15-/m0/s1. The van der Waals surface area contributed by atoms with Crippen molar-refractivity contribution in [3.05, 3.63) is 0 Å². The fourth-order valence-electron chi connectivity index (χ4n) is 3.42. The van der Waals surface area contributed by atoms with Gasteiger partial charge in [-0.25, -0.2) is 10.2 Å². The van der Waals surface area contributed by atoms with Crippen LogP contribution in [0.3, 0.4) is 0 Å². The number of methoxy groups -OCH3 is 1. The van der Waals surface area contributed by atoms with Gasteiger partial charge in [0.2, 0.25) is 0 Å². The molecule has 29 heavy (non-hydrogen) atoms. The number of carbonyl (C=O) groups excluding carboxylic acids is 3. The SMILES string of the molecule is COC(=O)[C@@H]1CCCN(C(=O)[C@H](CN2CCCNCC2)NC(=O)OC(C)(C)C)N1. The normalized spacial score (nSPS) is 22.3. The van der Waals surface area contributed by atoms with E-state index < -0.39 is 29.7 Å². The number of carbonyl (C=O) groups is 3. The van der Waals surface area contributed by atoms with Crippen LogP contribution in [0.15, 0.2) is 0 Å². The van der Waals surface area contributed by atoms with E-state index in [9.17, 15) is 14.4 Å². The maximum absolute atomic E-state index is 13.2. The smallest absolute Gasteiger partial charge is 0.408 e. The van der Waals surface area contributed by atoms with Crippen molar-refractivity contribution >= 4 is 18.0 Å². The first-order chi connectivity index (χ1) is 13.7. The highest BCUT2D eigenvalue weighted by molar-refractivity contribution is 5.86. The molecule has 0 bridgehead atoms. The van der Waals surface area contributed by atoms with Crippen molar-refractivity contribution in [1.82, 2.24) is 26.0 Å². The van der Waals surface area contributed by atoms with Gasteiger partial charge < -0.3 is 20.1 Å². The van der Waals surface area contributed by atoms with Crippen molar-refractivity contribution in [1.29, 1.82) is 0 Å². The molecule has 166 valence electrons. The van der Waals surface area contributed by atoms with E-state index in [1.54, 1.807) is 20.8 Å². The van der Waals surface area contributed by atoms with Gasteiger partial charge in [-0.15, -0.1) is 0 Å². The Morgan fingerprint density at radius 3 is 2.59 bits per heavy atom. The molecule has 0 aromatic heterocycles. The number of hydrazine groups is 1. The van der Waals surface area contributed by atoms with Gasteiger partial charge in [0.15, 0.2) is 0 Å². The summed E-state index contributed by atoms with van der Waals surface area (Å²) in [5, 5.41) is 7.47. The van der Waals surface area contributed by atoms with E-state index in [1.165, 1.54) is 12.1 Å². The van der Waals surface area contributed by atoms with E-state index in [0.29, 0.717) is 25.9 Å². The molecule has 0 radical (unpaired) electrons. The number of nitrogens with one attached hydrogen (secondary N) is 3. The second kappa shape index (κ2) is 10.7. The number of esters is 1. The van der Waals surface area contributed by atoms with E-state index in [-0.39, 0.29) is 5.91 Å². The van der Waals surface area contributed by atoms with Crippen LogP contribution in [0.4, 0.5) is 4.79 Å². The van der Waals surface area contributed by atoms with Crippen LogP contribution in [0.2, 0.25) is 0 Å². The van der Waals surface area contributed by atoms with Crippen molar-refractivity contribution in [2.24, 2.45) is 0 Å². The second-order valence-electron chi connectivity index (χ2n) is 8.44. The molecule has 2 atom stereocenters. The van der Waals surface area contributed by atoms with Crippen molar-refractivity contribution in [2.45, 2.75) is 57.7 Å². The molecule has 0 aliphatic carbocycles. The Hall–Kier alpha value is -1.91. The lowest BCUT2D eigenvalue weighted by molar-refractivity contribution is -0.150. The third-order valence-electron chi connectivity index (χ3n) is 4.80. The van der Waals surface area contributed by atoms with Crippen LogP contribution in [0.1, 0.15) is 40.0 Å². The van der Waals surface area contributed by atoms with Crippen LogP contribution in [0.5, 0.6) is 0 Å². The molecule has 2 saturated heterocycles. The molecule has 0 spiro atoms. The molecule has 2 amide bonds. The molecule has 2 rings (SSSR count). The largest absolute Gasteiger partial charge is 0.468 e. The number of hydrogen-bond donors (Lipinski definition) is 3. The molecule has 0 unspecified atom stereocenters. The minimum atomic E-state index is -0.785. The van der Waals surface area contributed by atoms with Crippen molar-refractivity contribution in [2.75, 3.05) is 46.4 Å². The van der Waals surface area contributed by atoms with Crippen molar-refractivity contribution < 1.29 is 23.9 Å². The fourth-order valence-corrected chi connectivity index (χ4v) is 3.42. The molecule has 2 heterocycles. The Bertz CT molecular complexity index is 572. The molecular weight excluding hydrogens is 378 g/mol. The molecule has 10 heteroatoms. The first kappa shape index (κ1) is 23.4. The highest BCUT2D eigenvalue weighted by atomic mass is 16.6. The Kier molecular flexibility index (Phi) is 8.66. The number of rotatable bonds is 5.